The Bertz CT molecular complexity index is 1030. The molecule has 12 heteroatoms. The number of benzene rings is 2. The highest BCUT2D eigenvalue weighted by Crippen LogP contribution is 2.25. The molecule has 0 aliphatic carbocycles. The summed E-state index contributed by atoms with van der Waals surface area (Å²) in [4.78, 5) is 12.8. The van der Waals surface area contributed by atoms with E-state index in [4.69, 9.17) is 23.7 Å². The third-order valence-electron chi connectivity index (χ3n) is 6.68. The molecule has 2 aliphatic heterocycles. The first kappa shape index (κ1) is 30.5. The van der Waals surface area contributed by atoms with E-state index < -0.39 is 81.0 Å². The molecule has 9 atom stereocenters. The molecule has 12 nitrogen and oxygen atoms in total. The molecular weight excluding hydrogens is 526 g/mol. The van der Waals surface area contributed by atoms with Gasteiger partial charge in [0, 0.05) is 6.42 Å². The van der Waals surface area contributed by atoms with Gasteiger partial charge in [-0.25, -0.2) is 0 Å². The molecule has 2 aromatic rings. The van der Waals surface area contributed by atoms with Crippen molar-refractivity contribution >= 4 is 5.91 Å². The van der Waals surface area contributed by atoms with E-state index in [1.54, 1.807) is 0 Å². The Balaban J connectivity index is 1.34. The third-order valence-corrected chi connectivity index (χ3v) is 6.68. The average Bonchev–Trinajstić information content (AvgIpc) is 2.99. The molecule has 4 rings (SSSR count). The molecule has 2 saturated heterocycles. The molecule has 0 spiro atoms. The Hall–Kier alpha value is -2.49. The van der Waals surface area contributed by atoms with Crippen LogP contribution in [0.25, 0.3) is 0 Å². The highest BCUT2D eigenvalue weighted by atomic mass is 16.7. The summed E-state index contributed by atoms with van der Waals surface area (Å²) >= 11 is 0. The minimum absolute atomic E-state index is 0.0888. The van der Waals surface area contributed by atoms with Crippen molar-refractivity contribution in [2.75, 3.05) is 19.8 Å². The van der Waals surface area contributed by atoms with Crippen LogP contribution in [0.4, 0.5) is 0 Å². The first-order chi connectivity index (χ1) is 19.4. The van der Waals surface area contributed by atoms with Gasteiger partial charge in [-0.05, 0) is 11.1 Å². The van der Waals surface area contributed by atoms with Crippen LogP contribution in [-0.4, -0.2) is 107 Å². The van der Waals surface area contributed by atoms with E-state index in [2.05, 4.69) is 5.32 Å². The molecule has 0 unspecified atom stereocenters. The second kappa shape index (κ2) is 14.9. The average molecular weight is 563 g/mol. The lowest BCUT2D eigenvalue weighted by Gasteiger charge is -2.42. The molecule has 219 valence electrons. The fraction of sp³-hybridized carbons (Fsp3) is 0.500. The zero-order valence-corrected chi connectivity index (χ0v) is 21.8. The summed E-state index contributed by atoms with van der Waals surface area (Å²) in [5.41, 5.74) is 1.71. The van der Waals surface area contributed by atoms with Gasteiger partial charge in [0.1, 0.15) is 43.2 Å². The Morgan fingerprint density at radius 3 is 1.93 bits per heavy atom. The minimum atomic E-state index is -1.51. The van der Waals surface area contributed by atoms with Crippen molar-refractivity contribution < 1.29 is 54.0 Å². The van der Waals surface area contributed by atoms with E-state index in [0.29, 0.717) is 0 Å². The lowest BCUT2D eigenvalue weighted by Crippen LogP contribution is -2.65. The number of nitrogens with one attached hydrogen (secondary N) is 1. The van der Waals surface area contributed by atoms with Crippen molar-refractivity contribution in [1.29, 1.82) is 0 Å². The molecule has 2 heterocycles. The van der Waals surface area contributed by atoms with Crippen molar-refractivity contribution in [3.05, 3.63) is 78.2 Å². The predicted octanol–water partition coefficient (Wildman–Crippen LogP) is -0.989. The number of aliphatic hydroxyl groups is 5. The van der Waals surface area contributed by atoms with E-state index in [0.717, 1.165) is 11.1 Å². The Kier molecular flexibility index (Phi) is 11.4. The molecule has 0 aromatic heterocycles. The van der Waals surface area contributed by atoms with Crippen molar-refractivity contribution in [2.45, 2.75) is 68.5 Å². The number of carbonyl (C=O) groups is 1. The molecule has 2 fully saturated rings. The van der Waals surface area contributed by atoms with E-state index in [9.17, 15) is 30.3 Å². The highest BCUT2D eigenvalue weighted by molar-refractivity contribution is 5.77. The Morgan fingerprint density at radius 1 is 0.750 bits per heavy atom. The van der Waals surface area contributed by atoms with Crippen LogP contribution < -0.4 is 5.32 Å². The summed E-state index contributed by atoms with van der Waals surface area (Å²) in [6.45, 7) is -1.31. The van der Waals surface area contributed by atoms with Crippen LogP contribution in [0.5, 0.6) is 0 Å². The van der Waals surface area contributed by atoms with Gasteiger partial charge >= 0.3 is 0 Å². The van der Waals surface area contributed by atoms with Gasteiger partial charge in [0.15, 0.2) is 12.6 Å². The van der Waals surface area contributed by atoms with Crippen LogP contribution in [0.15, 0.2) is 60.7 Å². The zero-order valence-electron chi connectivity index (χ0n) is 21.8. The van der Waals surface area contributed by atoms with Gasteiger partial charge in [-0.1, -0.05) is 60.7 Å². The number of ether oxygens (including phenoxy) is 5. The van der Waals surface area contributed by atoms with Gasteiger partial charge in [-0.15, -0.1) is 0 Å². The molecule has 6 N–H and O–H groups in total. The van der Waals surface area contributed by atoms with Crippen LogP contribution in [-0.2, 0) is 41.7 Å². The maximum Gasteiger partial charge on any atom is 0.246 e. The fourth-order valence-corrected chi connectivity index (χ4v) is 4.46. The summed E-state index contributed by atoms with van der Waals surface area (Å²) in [7, 11) is 0. The lowest BCUT2D eigenvalue weighted by molar-refractivity contribution is -0.273. The fourth-order valence-electron chi connectivity index (χ4n) is 4.46. The molecule has 2 aliphatic rings. The molecule has 1 amide bonds. The zero-order chi connectivity index (χ0) is 28.5. The largest absolute Gasteiger partial charge is 0.394 e. The quantitative estimate of drug-likeness (QED) is 0.187. The number of hydrogen-bond acceptors (Lipinski definition) is 11. The van der Waals surface area contributed by atoms with Crippen LogP contribution in [0.3, 0.4) is 0 Å². The van der Waals surface area contributed by atoms with Gasteiger partial charge in [0.2, 0.25) is 5.91 Å². The molecule has 40 heavy (non-hydrogen) atoms. The monoisotopic (exact) mass is 562 g/mol. The smallest absolute Gasteiger partial charge is 0.246 e. The van der Waals surface area contributed by atoms with Crippen LogP contribution in [0.1, 0.15) is 11.1 Å². The minimum Gasteiger partial charge on any atom is -0.394 e. The van der Waals surface area contributed by atoms with Crippen molar-refractivity contribution in [3.63, 3.8) is 0 Å². The first-order valence-corrected chi connectivity index (χ1v) is 13.0. The molecule has 2 aromatic carbocycles. The molecule has 0 bridgehead atoms. The van der Waals surface area contributed by atoms with Crippen LogP contribution in [0.2, 0.25) is 0 Å². The second-order valence-corrected chi connectivity index (χ2v) is 9.58. The summed E-state index contributed by atoms with van der Waals surface area (Å²) in [5, 5.41) is 53.3. The molecule has 0 saturated carbocycles. The Labute approximate surface area is 232 Å². The SMILES string of the molecule is O=C(CO[C@@H]1[CH][C@@H](OCc2ccccc2)O[C@H](CO)[C@H]1O)N[C@@H]1[C@@H](OCc2ccccc2)O[C@H](CO)[C@@H](O)[C@@H]1O. The predicted molar refractivity (Wildman–Crippen MR) is 138 cm³/mol. The maximum atomic E-state index is 12.8. The van der Waals surface area contributed by atoms with Crippen LogP contribution in [0, 0.1) is 6.42 Å². The van der Waals surface area contributed by atoms with Crippen LogP contribution >= 0.6 is 0 Å². The van der Waals surface area contributed by atoms with Crippen molar-refractivity contribution in [1.82, 2.24) is 5.32 Å². The van der Waals surface area contributed by atoms with E-state index in [-0.39, 0.29) is 13.2 Å². The number of hydrogen-bond donors (Lipinski definition) is 6. The number of carbonyl (C=O) groups excluding carboxylic acids is 1. The van der Waals surface area contributed by atoms with E-state index >= 15 is 0 Å². The standard InChI is InChI=1S/C28H36NO11/c30-12-20-25(33)19(11-23(39-20)37-14-17-7-3-1-4-8-17)36-16-22(32)29-24-27(35)26(34)21(13-31)40-28(24)38-15-18-9-5-2-6-10-18/h1-11,19-21,23-28,30-31,33-35H,12-16H2,(H,29,32)/t19-,20-,21-,23+,24+,25+,26-,27-,28+/m1/s1. The Morgan fingerprint density at radius 2 is 1.32 bits per heavy atom. The summed E-state index contributed by atoms with van der Waals surface area (Å²) in [6.07, 6.45) is -8.04. The number of amides is 1. The van der Waals surface area contributed by atoms with Gasteiger partial charge in [0.25, 0.3) is 0 Å². The highest BCUT2D eigenvalue weighted by Gasteiger charge is 2.46. The lowest BCUT2D eigenvalue weighted by atomic mass is 9.97. The second-order valence-electron chi connectivity index (χ2n) is 9.58. The molecule has 1 radical (unpaired) electrons. The van der Waals surface area contributed by atoms with Gasteiger partial charge < -0.3 is 54.5 Å². The topological polar surface area (TPSA) is 176 Å². The van der Waals surface area contributed by atoms with Crippen molar-refractivity contribution in [3.8, 4) is 0 Å². The van der Waals surface area contributed by atoms with Gasteiger partial charge in [-0.3, -0.25) is 4.79 Å². The summed E-state index contributed by atoms with van der Waals surface area (Å²) < 4.78 is 28.4. The normalized spacial score (nSPS) is 32.5. The molecular formula is C28H36NO11. The van der Waals surface area contributed by atoms with E-state index in [1.165, 1.54) is 6.42 Å². The van der Waals surface area contributed by atoms with E-state index in [1.807, 2.05) is 60.7 Å². The number of rotatable bonds is 12. The van der Waals surface area contributed by atoms with Crippen molar-refractivity contribution in [2.24, 2.45) is 0 Å². The number of aliphatic hydroxyl groups excluding tert-OH is 5. The third kappa shape index (κ3) is 8.04. The van der Waals surface area contributed by atoms with Gasteiger partial charge in [0.05, 0.1) is 32.5 Å². The van der Waals surface area contributed by atoms with Gasteiger partial charge in [-0.2, -0.15) is 0 Å². The summed E-state index contributed by atoms with van der Waals surface area (Å²) in [5.74, 6) is -0.690. The maximum absolute atomic E-state index is 12.8. The first-order valence-electron chi connectivity index (χ1n) is 13.0. The summed E-state index contributed by atoms with van der Waals surface area (Å²) in [6, 6.07) is 17.3.